The predicted octanol–water partition coefficient (Wildman–Crippen LogP) is 2.27. The zero-order chi connectivity index (χ0) is 13.7. The quantitative estimate of drug-likeness (QED) is 0.778. The SMILES string of the molecule is CCNc1nc(OCCC2CC2)nc(OC(C)C)n1. The van der Waals surface area contributed by atoms with Crippen LogP contribution in [0.25, 0.3) is 0 Å². The highest BCUT2D eigenvalue weighted by atomic mass is 16.5. The van der Waals surface area contributed by atoms with Gasteiger partial charge in [-0.25, -0.2) is 0 Å². The van der Waals surface area contributed by atoms with Crippen molar-refractivity contribution in [3.8, 4) is 12.0 Å². The van der Waals surface area contributed by atoms with Crippen molar-refractivity contribution in [2.75, 3.05) is 18.5 Å². The van der Waals surface area contributed by atoms with E-state index >= 15 is 0 Å². The van der Waals surface area contributed by atoms with E-state index in [0.717, 1.165) is 18.9 Å². The van der Waals surface area contributed by atoms with Gasteiger partial charge in [0.1, 0.15) is 0 Å². The molecule has 0 atom stereocenters. The van der Waals surface area contributed by atoms with Crippen molar-refractivity contribution in [1.82, 2.24) is 15.0 Å². The highest BCUT2D eigenvalue weighted by molar-refractivity contribution is 5.27. The maximum absolute atomic E-state index is 5.58. The zero-order valence-electron chi connectivity index (χ0n) is 11.8. The molecular weight excluding hydrogens is 244 g/mol. The second-order valence-electron chi connectivity index (χ2n) is 5.00. The van der Waals surface area contributed by atoms with Crippen molar-refractivity contribution >= 4 is 5.95 Å². The Bertz CT molecular complexity index is 408. The van der Waals surface area contributed by atoms with E-state index in [9.17, 15) is 0 Å². The molecule has 0 aromatic carbocycles. The third-order valence-corrected chi connectivity index (χ3v) is 2.72. The number of hydrogen-bond acceptors (Lipinski definition) is 6. The summed E-state index contributed by atoms with van der Waals surface area (Å²) in [7, 11) is 0. The molecule has 6 heteroatoms. The second kappa shape index (κ2) is 6.54. The van der Waals surface area contributed by atoms with Gasteiger partial charge < -0.3 is 14.8 Å². The van der Waals surface area contributed by atoms with Gasteiger partial charge >= 0.3 is 12.0 Å². The molecule has 0 radical (unpaired) electrons. The number of anilines is 1. The number of ether oxygens (including phenoxy) is 2. The summed E-state index contributed by atoms with van der Waals surface area (Å²) in [5.41, 5.74) is 0. The fourth-order valence-electron chi connectivity index (χ4n) is 1.63. The van der Waals surface area contributed by atoms with Gasteiger partial charge in [0, 0.05) is 6.54 Å². The first kappa shape index (κ1) is 13.8. The van der Waals surface area contributed by atoms with Crippen LogP contribution in [0.3, 0.4) is 0 Å². The molecule has 6 nitrogen and oxygen atoms in total. The Labute approximate surface area is 114 Å². The monoisotopic (exact) mass is 266 g/mol. The first-order chi connectivity index (χ1) is 9.17. The van der Waals surface area contributed by atoms with E-state index in [0.29, 0.717) is 24.6 Å². The van der Waals surface area contributed by atoms with Gasteiger partial charge in [-0.2, -0.15) is 9.97 Å². The smallest absolute Gasteiger partial charge is 0.324 e. The van der Waals surface area contributed by atoms with Gasteiger partial charge in [0.05, 0.1) is 12.7 Å². The van der Waals surface area contributed by atoms with Gasteiger partial charge in [-0.15, -0.1) is 4.98 Å². The summed E-state index contributed by atoms with van der Waals surface area (Å²) in [5.74, 6) is 1.33. The van der Waals surface area contributed by atoms with Gasteiger partial charge in [-0.1, -0.05) is 12.8 Å². The second-order valence-corrected chi connectivity index (χ2v) is 5.00. The molecule has 0 bridgehead atoms. The Balaban J connectivity index is 1.99. The van der Waals surface area contributed by atoms with Crippen molar-refractivity contribution in [2.45, 2.75) is 46.1 Å². The molecule has 1 aromatic rings. The summed E-state index contributed by atoms with van der Waals surface area (Å²) in [4.78, 5) is 12.6. The average molecular weight is 266 g/mol. The van der Waals surface area contributed by atoms with E-state index in [1.807, 2.05) is 20.8 Å². The van der Waals surface area contributed by atoms with Gasteiger partial charge in [0.2, 0.25) is 5.95 Å². The maximum Gasteiger partial charge on any atom is 0.324 e. The van der Waals surface area contributed by atoms with Crippen LogP contribution in [-0.2, 0) is 0 Å². The molecule has 19 heavy (non-hydrogen) atoms. The van der Waals surface area contributed by atoms with Crippen LogP contribution in [0.15, 0.2) is 0 Å². The van der Waals surface area contributed by atoms with Gasteiger partial charge in [-0.05, 0) is 33.1 Å². The lowest BCUT2D eigenvalue weighted by Gasteiger charge is -2.11. The third kappa shape index (κ3) is 4.89. The summed E-state index contributed by atoms with van der Waals surface area (Å²) in [5, 5.41) is 3.05. The number of nitrogens with zero attached hydrogens (tertiary/aromatic N) is 3. The number of aromatic nitrogens is 3. The molecule has 1 heterocycles. The number of hydrogen-bond donors (Lipinski definition) is 1. The Morgan fingerprint density at radius 1 is 1.21 bits per heavy atom. The van der Waals surface area contributed by atoms with Crippen LogP contribution in [-0.4, -0.2) is 34.2 Å². The number of rotatable bonds is 8. The van der Waals surface area contributed by atoms with Crippen LogP contribution in [0.2, 0.25) is 0 Å². The van der Waals surface area contributed by atoms with E-state index in [4.69, 9.17) is 9.47 Å². The Kier molecular flexibility index (Phi) is 4.76. The zero-order valence-corrected chi connectivity index (χ0v) is 11.8. The molecule has 2 rings (SSSR count). The molecule has 1 saturated carbocycles. The average Bonchev–Trinajstić information content (AvgIpc) is 3.12. The molecule has 1 fully saturated rings. The standard InChI is InChI=1S/C13H22N4O2/c1-4-14-11-15-12(18-8-7-10-5-6-10)17-13(16-11)19-9(2)3/h9-10H,4-8H2,1-3H3,(H,14,15,16,17). The third-order valence-electron chi connectivity index (χ3n) is 2.72. The molecule has 1 aromatic heterocycles. The minimum atomic E-state index is 0.0243. The minimum absolute atomic E-state index is 0.0243. The van der Waals surface area contributed by atoms with Gasteiger partial charge in [-0.3, -0.25) is 0 Å². The van der Waals surface area contributed by atoms with E-state index in [-0.39, 0.29) is 6.10 Å². The topological polar surface area (TPSA) is 69.2 Å². The van der Waals surface area contributed by atoms with E-state index in [2.05, 4.69) is 20.3 Å². The normalized spacial score (nSPS) is 14.5. The van der Waals surface area contributed by atoms with Crippen LogP contribution in [0.1, 0.15) is 40.0 Å². The van der Waals surface area contributed by atoms with Crippen LogP contribution in [0, 0.1) is 5.92 Å². The van der Waals surface area contributed by atoms with Crippen LogP contribution < -0.4 is 14.8 Å². The Morgan fingerprint density at radius 2 is 1.95 bits per heavy atom. The predicted molar refractivity (Wildman–Crippen MR) is 72.6 cm³/mol. The van der Waals surface area contributed by atoms with Crippen molar-refractivity contribution in [3.63, 3.8) is 0 Å². The summed E-state index contributed by atoms with van der Waals surface area (Å²) in [6.07, 6.45) is 3.74. The molecule has 0 aliphatic heterocycles. The maximum atomic E-state index is 5.58. The number of nitrogens with one attached hydrogen (secondary N) is 1. The molecular formula is C13H22N4O2. The van der Waals surface area contributed by atoms with Crippen LogP contribution in [0.5, 0.6) is 12.0 Å². The van der Waals surface area contributed by atoms with Gasteiger partial charge in [0.15, 0.2) is 0 Å². The molecule has 1 N–H and O–H groups in total. The van der Waals surface area contributed by atoms with E-state index in [1.165, 1.54) is 12.8 Å². The largest absolute Gasteiger partial charge is 0.463 e. The Hall–Kier alpha value is -1.59. The summed E-state index contributed by atoms with van der Waals surface area (Å²) in [6, 6.07) is 0.643. The van der Waals surface area contributed by atoms with Crippen LogP contribution in [0.4, 0.5) is 5.95 Å². The van der Waals surface area contributed by atoms with Crippen molar-refractivity contribution in [3.05, 3.63) is 0 Å². The minimum Gasteiger partial charge on any atom is -0.463 e. The van der Waals surface area contributed by atoms with E-state index in [1.54, 1.807) is 0 Å². The summed E-state index contributed by atoms with van der Waals surface area (Å²) < 4.78 is 11.1. The molecule has 0 amide bonds. The highest BCUT2D eigenvalue weighted by Gasteiger charge is 2.21. The van der Waals surface area contributed by atoms with Crippen molar-refractivity contribution in [2.24, 2.45) is 5.92 Å². The molecule has 0 spiro atoms. The lowest BCUT2D eigenvalue weighted by atomic mass is 10.3. The Morgan fingerprint density at radius 3 is 2.58 bits per heavy atom. The highest BCUT2D eigenvalue weighted by Crippen LogP contribution is 2.32. The molecule has 1 aliphatic rings. The fraction of sp³-hybridized carbons (Fsp3) is 0.769. The molecule has 1 aliphatic carbocycles. The first-order valence-electron chi connectivity index (χ1n) is 6.96. The molecule has 0 unspecified atom stereocenters. The lowest BCUT2D eigenvalue weighted by Crippen LogP contribution is -2.13. The van der Waals surface area contributed by atoms with Crippen molar-refractivity contribution < 1.29 is 9.47 Å². The van der Waals surface area contributed by atoms with Crippen LogP contribution >= 0.6 is 0 Å². The fourth-order valence-corrected chi connectivity index (χ4v) is 1.63. The van der Waals surface area contributed by atoms with E-state index < -0.39 is 0 Å². The lowest BCUT2D eigenvalue weighted by molar-refractivity contribution is 0.212. The van der Waals surface area contributed by atoms with Crippen molar-refractivity contribution in [1.29, 1.82) is 0 Å². The first-order valence-corrected chi connectivity index (χ1v) is 6.96. The molecule has 0 saturated heterocycles. The van der Waals surface area contributed by atoms with Gasteiger partial charge in [0.25, 0.3) is 0 Å². The summed E-state index contributed by atoms with van der Waals surface area (Å²) >= 11 is 0. The molecule has 106 valence electrons. The summed E-state index contributed by atoms with van der Waals surface area (Å²) in [6.45, 7) is 7.25.